The van der Waals surface area contributed by atoms with Gasteiger partial charge in [-0.2, -0.15) is 0 Å². The lowest BCUT2D eigenvalue weighted by atomic mass is 9.81. The summed E-state index contributed by atoms with van der Waals surface area (Å²) < 4.78 is 0. The van der Waals surface area contributed by atoms with Gasteiger partial charge in [-0.05, 0) is 64.7 Å². The third kappa shape index (κ3) is 9.73. The molecule has 1 aliphatic rings. The van der Waals surface area contributed by atoms with Gasteiger partial charge in [-0.15, -0.1) is 0 Å². The second kappa shape index (κ2) is 13.5. The number of aliphatic hydroxyl groups is 1. The van der Waals surface area contributed by atoms with E-state index in [0.717, 1.165) is 31.1 Å². The van der Waals surface area contributed by atoms with Gasteiger partial charge in [0, 0.05) is 22.3 Å². The second-order valence-electron chi connectivity index (χ2n) is 11.4. The molecule has 0 aromatic heterocycles. The number of Topliss-reactive ketones (excluding diaryl/α,β-unsaturated/α-hetero) is 2. The number of carbonyl (C=O) groups excluding carboxylic acids is 2. The Morgan fingerprint density at radius 1 is 0.688 bits per heavy atom. The summed E-state index contributed by atoms with van der Waals surface area (Å²) in [6, 6.07) is 0. The van der Waals surface area contributed by atoms with Crippen LogP contribution in [0.5, 0.6) is 0 Å². The molecule has 0 saturated heterocycles. The topological polar surface area (TPSA) is 54.4 Å². The van der Waals surface area contributed by atoms with Crippen molar-refractivity contribution in [3.05, 3.63) is 22.3 Å². The molecule has 0 amide bonds. The Balaban J connectivity index is 2.32. The number of allylic oxidation sites excluding steroid dienone is 4. The highest BCUT2D eigenvalue weighted by Crippen LogP contribution is 2.31. The maximum absolute atomic E-state index is 12.6. The molecule has 0 radical (unpaired) electrons. The summed E-state index contributed by atoms with van der Waals surface area (Å²) in [5, 5.41) is 10.9. The molecule has 0 aromatic carbocycles. The molecular weight excluding hydrogens is 396 g/mol. The standard InChI is InChI=1S/C29H50O3/c1-20(2)12-9-13-21(3)14-10-15-22(4)16-11-18-29(8,32)19-17-26-25(7)27(30)23(5)24(6)28(26)31/h20-22,32H,9-19H2,1-8H3/t21-,22-,29-/m1/s1. The van der Waals surface area contributed by atoms with E-state index in [1.54, 1.807) is 20.8 Å². The summed E-state index contributed by atoms with van der Waals surface area (Å²) in [6.07, 6.45) is 11.8. The molecule has 1 N–H and O–H groups in total. The van der Waals surface area contributed by atoms with Gasteiger partial charge in [-0.1, -0.05) is 79.1 Å². The molecule has 0 heterocycles. The summed E-state index contributed by atoms with van der Waals surface area (Å²) in [4.78, 5) is 24.9. The molecule has 0 bridgehead atoms. The highest BCUT2D eigenvalue weighted by atomic mass is 16.3. The van der Waals surface area contributed by atoms with E-state index in [1.807, 2.05) is 6.92 Å². The molecule has 1 rings (SSSR count). The average molecular weight is 447 g/mol. The quantitative estimate of drug-likeness (QED) is 0.261. The van der Waals surface area contributed by atoms with E-state index in [2.05, 4.69) is 27.7 Å². The molecule has 1 aliphatic carbocycles. The van der Waals surface area contributed by atoms with E-state index < -0.39 is 5.60 Å². The monoisotopic (exact) mass is 446 g/mol. The Morgan fingerprint density at radius 2 is 1.16 bits per heavy atom. The summed E-state index contributed by atoms with van der Waals surface area (Å²) in [5.74, 6) is 2.28. The Hall–Kier alpha value is -1.22. The van der Waals surface area contributed by atoms with E-state index in [-0.39, 0.29) is 11.6 Å². The molecule has 3 atom stereocenters. The van der Waals surface area contributed by atoms with Gasteiger partial charge in [0.05, 0.1) is 5.60 Å². The first-order valence-corrected chi connectivity index (χ1v) is 13.0. The van der Waals surface area contributed by atoms with Crippen molar-refractivity contribution in [2.45, 2.75) is 132 Å². The van der Waals surface area contributed by atoms with Crippen molar-refractivity contribution in [1.82, 2.24) is 0 Å². The van der Waals surface area contributed by atoms with Crippen LogP contribution in [0.1, 0.15) is 126 Å². The van der Waals surface area contributed by atoms with Gasteiger partial charge < -0.3 is 5.11 Å². The third-order valence-electron chi connectivity index (χ3n) is 7.51. The zero-order valence-electron chi connectivity index (χ0n) is 22.3. The molecule has 0 spiro atoms. The lowest BCUT2D eigenvalue weighted by Gasteiger charge is -2.26. The van der Waals surface area contributed by atoms with E-state index >= 15 is 0 Å². The highest BCUT2D eigenvalue weighted by molar-refractivity contribution is 6.24. The number of hydrogen-bond acceptors (Lipinski definition) is 3. The third-order valence-corrected chi connectivity index (χ3v) is 7.51. The Kier molecular flexibility index (Phi) is 12.1. The highest BCUT2D eigenvalue weighted by Gasteiger charge is 2.29. The van der Waals surface area contributed by atoms with Crippen LogP contribution in [0.2, 0.25) is 0 Å². The Bertz CT molecular complexity index is 693. The number of hydrogen-bond donors (Lipinski definition) is 1. The van der Waals surface area contributed by atoms with Crippen molar-refractivity contribution in [2.75, 3.05) is 0 Å². The van der Waals surface area contributed by atoms with Crippen LogP contribution in [0.15, 0.2) is 22.3 Å². The number of ketones is 2. The summed E-state index contributed by atoms with van der Waals surface area (Å²) in [7, 11) is 0. The van der Waals surface area contributed by atoms with Gasteiger partial charge in [0.15, 0.2) is 11.6 Å². The minimum atomic E-state index is -0.800. The first-order valence-electron chi connectivity index (χ1n) is 13.0. The predicted octanol–water partition coefficient (Wildman–Crippen LogP) is 7.76. The van der Waals surface area contributed by atoms with Crippen molar-refractivity contribution >= 4 is 11.6 Å². The van der Waals surface area contributed by atoms with Crippen molar-refractivity contribution in [1.29, 1.82) is 0 Å². The fourth-order valence-electron chi connectivity index (χ4n) is 4.79. The predicted molar refractivity (Wildman–Crippen MR) is 136 cm³/mol. The zero-order chi connectivity index (χ0) is 24.5. The lowest BCUT2D eigenvalue weighted by Crippen LogP contribution is -2.27. The van der Waals surface area contributed by atoms with Crippen LogP contribution in [-0.4, -0.2) is 22.3 Å². The molecule has 0 unspecified atom stereocenters. The van der Waals surface area contributed by atoms with Gasteiger partial charge in [-0.3, -0.25) is 9.59 Å². The van der Waals surface area contributed by atoms with Gasteiger partial charge in [0.25, 0.3) is 0 Å². The fourth-order valence-corrected chi connectivity index (χ4v) is 4.79. The normalized spacial score (nSPS) is 19.1. The fraction of sp³-hybridized carbons (Fsp3) is 0.793. The van der Waals surface area contributed by atoms with Gasteiger partial charge in [-0.25, -0.2) is 0 Å². The summed E-state index contributed by atoms with van der Waals surface area (Å²) >= 11 is 0. The van der Waals surface area contributed by atoms with Crippen LogP contribution in [-0.2, 0) is 9.59 Å². The van der Waals surface area contributed by atoms with Gasteiger partial charge in [0.1, 0.15) is 0 Å². The molecule has 3 heteroatoms. The minimum Gasteiger partial charge on any atom is -0.390 e. The van der Waals surface area contributed by atoms with Crippen LogP contribution in [0.25, 0.3) is 0 Å². The van der Waals surface area contributed by atoms with Crippen molar-refractivity contribution in [2.24, 2.45) is 17.8 Å². The first-order chi connectivity index (χ1) is 14.9. The molecule has 0 aliphatic heterocycles. The van der Waals surface area contributed by atoms with Crippen molar-refractivity contribution < 1.29 is 14.7 Å². The van der Waals surface area contributed by atoms with Crippen molar-refractivity contribution in [3.8, 4) is 0 Å². The maximum Gasteiger partial charge on any atom is 0.185 e. The molecule has 184 valence electrons. The maximum atomic E-state index is 12.6. The van der Waals surface area contributed by atoms with Crippen LogP contribution in [0.3, 0.4) is 0 Å². The van der Waals surface area contributed by atoms with Gasteiger partial charge in [0.2, 0.25) is 0 Å². The van der Waals surface area contributed by atoms with Crippen LogP contribution >= 0.6 is 0 Å². The molecule has 0 saturated carbocycles. The largest absolute Gasteiger partial charge is 0.390 e. The van der Waals surface area contributed by atoms with Gasteiger partial charge >= 0.3 is 0 Å². The first kappa shape index (κ1) is 28.8. The minimum absolute atomic E-state index is 0.0255. The van der Waals surface area contributed by atoms with Crippen LogP contribution in [0, 0.1) is 17.8 Å². The molecular formula is C29H50O3. The van der Waals surface area contributed by atoms with Crippen LogP contribution < -0.4 is 0 Å². The zero-order valence-corrected chi connectivity index (χ0v) is 22.3. The van der Waals surface area contributed by atoms with E-state index in [4.69, 9.17) is 0 Å². The molecule has 0 fully saturated rings. The smallest absolute Gasteiger partial charge is 0.185 e. The van der Waals surface area contributed by atoms with E-state index in [9.17, 15) is 14.7 Å². The van der Waals surface area contributed by atoms with E-state index in [0.29, 0.717) is 41.1 Å². The second-order valence-corrected chi connectivity index (χ2v) is 11.4. The molecule has 32 heavy (non-hydrogen) atoms. The number of rotatable bonds is 15. The van der Waals surface area contributed by atoms with Crippen molar-refractivity contribution in [3.63, 3.8) is 0 Å². The lowest BCUT2D eigenvalue weighted by molar-refractivity contribution is -0.116. The van der Waals surface area contributed by atoms with E-state index in [1.165, 1.54) is 38.5 Å². The SMILES string of the molecule is CC1=C(C)C(=O)C(CC[C@](C)(O)CCC[C@H](C)CCC[C@H](C)CCCC(C)C)=C(C)C1=O. The summed E-state index contributed by atoms with van der Waals surface area (Å²) in [5.41, 5.74) is 1.46. The average Bonchev–Trinajstić information content (AvgIpc) is 2.70. The molecule has 3 nitrogen and oxygen atoms in total. The van der Waals surface area contributed by atoms with Crippen LogP contribution in [0.4, 0.5) is 0 Å². The Labute approximate surface area is 198 Å². The summed E-state index contributed by atoms with van der Waals surface area (Å²) in [6.45, 7) is 16.4. The Morgan fingerprint density at radius 3 is 1.69 bits per heavy atom. The molecule has 0 aromatic rings. The number of carbonyl (C=O) groups is 2.